The minimum atomic E-state index is -3.25. The lowest BCUT2D eigenvalue weighted by Crippen LogP contribution is -2.24. The van der Waals surface area contributed by atoms with Crippen LogP contribution in [0, 0.1) is 0 Å². The molecule has 12 rings (SSSR count). The molecule has 0 amide bonds. The van der Waals surface area contributed by atoms with Gasteiger partial charge in [-0.2, -0.15) is 0 Å². The summed E-state index contributed by atoms with van der Waals surface area (Å²) >= 11 is 6.71. The van der Waals surface area contributed by atoms with E-state index in [4.69, 9.17) is 16.8 Å². The van der Waals surface area contributed by atoms with Gasteiger partial charge < -0.3 is 4.57 Å². The zero-order valence-corrected chi connectivity index (χ0v) is 36.7. The van der Waals surface area contributed by atoms with Gasteiger partial charge in [0.25, 0.3) is 0 Å². The third kappa shape index (κ3) is 5.98. The maximum atomic E-state index is 15.7. The van der Waals surface area contributed by atoms with Gasteiger partial charge in [0, 0.05) is 38.1 Å². The molecule has 63 heavy (non-hydrogen) atoms. The van der Waals surface area contributed by atoms with E-state index in [1.165, 1.54) is 32.1 Å². The van der Waals surface area contributed by atoms with Crippen LogP contribution in [-0.2, 0) is 16.4 Å². The van der Waals surface area contributed by atoms with Gasteiger partial charge in [-0.3, -0.25) is 4.40 Å². The number of hydrogen-bond donors (Lipinski definition) is 0. The minimum absolute atomic E-state index is 0.774. The molecular formula is C57H38N2OP2S. The molecule has 12 aromatic rings. The average Bonchev–Trinajstić information content (AvgIpc) is 3.76. The van der Waals surface area contributed by atoms with E-state index in [0.29, 0.717) is 0 Å². The van der Waals surface area contributed by atoms with Gasteiger partial charge in [0.15, 0.2) is 7.14 Å². The first-order chi connectivity index (χ1) is 31.0. The highest BCUT2D eigenvalue weighted by Crippen LogP contribution is 2.45. The number of pyridine rings is 1. The van der Waals surface area contributed by atoms with E-state index in [9.17, 15) is 0 Å². The molecule has 0 aliphatic heterocycles. The second-order valence-electron chi connectivity index (χ2n) is 16.2. The molecule has 0 radical (unpaired) electrons. The first kappa shape index (κ1) is 37.8. The van der Waals surface area contributed by atoms with Crippen LogP contribution in [-0.4, -0.2) is 9.38 Å². The van der Waals surface area contributed by atoms with Crippen LogP contribution < -0.4 is 31.8 Å². The van der Waals surface area contributed by atoms with Gasteiger partial charge in [-0.1, -0.05) is 200 Å². The highest BCUT2D eigenvalue weighted by Gasteiger charge is 2.31. The molecule has 0 fully saturated rings. The van der Waals surface area contributed by atoms with Gasteiger partial charge in [-0.15, -0.1) is 0 Å². The van der Waals surface area contributed by atoms with E-state index in [1.54, 1.807) is 0 Å². The molecule has 298 valence electrons. The molecule has 0 aliphatic rings. The van der Waals surface area contributed by atoms with Gasteiger partial charge >= 0.3 is 0 Å². The fourth-order valence-corrected chi connectivity index (χ4v) is 16.0. The summed E-state index contributed by atoms with van der Waals surface area (Å²) in [5, 5.41) is 14.0. The molecule has 10 aromatic carbocycles. The lowest BCUT2D eigenvalue weighted by Gasteiger charge is -2.24. The molecule has 0 spiro atoms. The van der Waals surface area contributed by atoms with Gasteiger partial charge in [0.05, 0.1) is 16.6 Å². The highest BCUT2D eigenvalue weighted by atomic mass is 32.4. The van der Waals surface area contributed by atoms with E-state index < -0.39 is 13.2 Å². The van der Waals surface area contributed by atoms with Crippen molar-refractivity contribution in [2.45, 2.75) is 0 Å². The van der Waals surface area contributed by atoms with Crippen LogP contribution in [0.2, 0.25) is 0 Å². The van der Waals surface area contributed by atoms with Crippen molar-refractivity contribution >= 4 is 117 Å². The van der Waals surface area contributed by atoms with Crippen molar-refractivity contribution in [1.82, 2.24) is 9.38 Å². The second-order valence-corrected chi connectivity index (χ2v) is 23.4. The summed E-state index contributed by atoms with van der Waals surface area (Å²) in [5.74, 6) is 0. The Kier molecular flexibility index (Phi) is 8.92. The Hall–Kier alpha value is -6.93. The molecule has 0 saturated heterocycles. The zero-order chi connectivity index (χ0) is 42.1. The fourth-order valence-electron chi connectivity index (χ4n) is 9.59. The summed E-state index contributed by atoms with van der Waals surface area (Å²) in [6.45, 7) is 0. The van der Waals surface area contributed by atoms with Crippen molar-refractivity contribution < 1.29 is 4.57 Å². The lowest BCUT2D eigenvalue weighted by molar-refractivity contribution is 0.592. The van der Waals surface area contributed by atoms with E-state index in [-0.39, 0.29) is 0 Å². The number of nitrogens with zero attached hydrogens (tertiary/aromatic N) is 2. The molecule has 6 heteroatoms. The average molecular weight is 861 g/mol. The fraction of sp³-hybridized carbons (Fsp3) is 0. The second kappa shape index (κ2) is 14.9. The molecule has 0 aliphatic carbocycles. The van der Waals surface area contributed by atoms with Crippen molar-refractivity contribution in [3.05, 3.63) is 231 Å². The van der Waals surface area contributed by atoms with Gasteiger partial charge in [-0.25, -0.2) is 4.98 Å². The Balaban J connectivity index is 1.07. The predicted molar refractivity (Wildman–Crippen MR) is 274 cm³/mol. The van der Waals surface area contributed by atoms with Gasteiger partial charge in [0.1, 0.15) is 5.65 Å². The van der Waals surface area contributed by atoms with Crippen molar-refractivity contribution in [2.24, 2.45) is 0 Å². The molecule has 0 atom stereocenters. The lowest BCUT2D eigenvalue weighted by atomic mass is 9.96. The third-order valence-electron chi connectivity index (χ3n) is 12.7. The first-order valence-electron chi connectivity index (χ1n) is 21.2. The Morgan fingerprint density at radius 1 is 0.381 bits per heavy atom. The van der Waals surface area contributed by atoms with Crippen LogP contribution in [0.15, 0.2) is 231 Å². The predicted octanol–water partition coefficient (Wildman–Crippen LogP) is 12.2. The molecule has 0 bridgehead atoms. The van der Waals surface area contributed by atoms with Crippen molar-refractivity contribution in [2.75, 3.05) is 0 Å². The normalized spacial score (nSPS) is 12.3. The monoisotopic (exact) mass is 860 g/mol. The Morgan fingerprint density at radius 3 is 1.59 bits per heavy atom. The van der Waals surface area contributed by atoms with Crippen LogP contribution in [0.5, 0.6) is 0 Å². The topological polar surface area (TPSA) is 34.4 Å². The summed E-state index contributed by atoms with van der Waals surface area (Å²) < 4.78 is 18.0. The number of fused-ring (bicyclic) bond motifs is 11. The number of rotatable bonds is 7. The molecule has 0 N–H and O–H groups in total. The van der Waals surface area contributed by atoms with Crippen molar-refractivity contribution in [1.29, 1.82) is 0 Å². The first-order valence-corrected chi connectivity index (χ1v) is 25.7. The van der Waals surface area contributed by atoms with Gasteiger partial charge in [0.2, 0.25) is 0 Å². The summed E-state index contributed by atoms with van der Waals surface area (Å²) in [6, 6.07) is 78.2. The van der Waals surface area contributed by atoms with Crippen molar-refractivity contribution in [3.8, 4) is 11.1 Å². The maximum Gasteiger partial charge on any atom is 0.171 e. The van der Waals surface area contributed by atoms with E-state index in [0.717, 1.165) is 70.8 Å². The van der Waals surface area contributed by atoms with Gasteiger partial charge in [-0.05, 0) is 91.0 Å². The molecule has 3 nitrogen and oxygen atoms in total. The van der Waals surface area contributed by atoms with E-state index in [2.05, 4.69) is 162 Å². The van der Waals surface area contributed by atoms with E-state index >= 15 is 4.57 Å². The van der Waals surface area contributed by atoms with Crippen molar-refractivity contribution in [3.63, 3.8) is 0 Å². The molecular weight excluding hydrogens is 823 g/mol. The molecule has 0 unspecified atom stereocenters. The zero-order valence-electron chi connectivity index (χ0n) is 34.0. The Labute approximate surface area is 370 Å². The SMILES string of the molecule is O=P(c1ccccc1)(c1ccccc1)c1ccc2nc3c4ccc5ccccc5c4c4ccc(-c5ccc6cc(P(=S)(c7ccccc7)c7ccccc7)ccc6c5)cc4n3c2c1. The Bertz CT molecular complexity index is 3770. The smallest absolute Gasteiger partial charge is 0.171 e. The molecule has 0 saturated carbocycles. The Morgan fingerprint density at radius 2 is 0.905 bits per heavy atom. The minimum Gasteiger partial charge on any atom is -0.309 e. The van der Waals surface area contributed by atoms with Crippen LogP contribution in [0.4, 0.5) is 0 Å². The summed E-state index contributed by atoms with van der Waals surface area (Å²) in [7, 11) is -3.25. The third-order valence-corrected chi connectivity index (χ3v) is 20.7. The molecule has 2 heterocycles. The number of imidazole rings is 1. The summed E-state index contributed by atoms with van der Waals surface area (Å²) in [5.41, 5.74) is 5.92. The van der Waals surface area contributed by atoms with Crippen LogP contribution in [0.25, 0.3) is 71.0 Å². The molecule has 2 aromatic heterocycles. The van der Waals surface area contributed by atoms with Crippen LogP contribution in [0.3, 0.4) is 0 Å². The number of hydrogen-bond acceptors (Lipinski definition) is 3. The highest BCUT2D eigenvalue weighted by molar-refractivity contribution is 8.25. The summed E-state index contributed by atoms with van der Waals surface area (Å²) in [6.07, 6.45) is 0. The van der Waals surface area contributed by atoms with Crippen LogP contribution in [0.1, 0.15) is 0 Å². The quantitative estimate of drug-likeness (QED) is 0.118. The maximum absolute atomic E-state index is 15.7. The standard InChI is InChI=1S/C57H38N2OP2S/c60-61(44-16-5-1-6-17-44,45-18-7-2-8-19-45)48-31-34-53-55(38-48)59-54-37-43(29-32-51(54)56-50-24-14-13-15-39(50)28-33-52(56)57(59)58-53)40-25-26-42-36-49(30-27-41(42)35-40)62(63,46-20-9-3-10-21-46)47-22-11-4-12-23-47/h1-38H. The number of benzene rings is 10. The van der Waals surface area contributed by atoms with Crippen LogP contribution >= 0.6 is 13.2 Å². The largest absolute Gasteiger partial charge is 0.309 e. The number of aromatic nitrogens is 2. The summed E-state index contributed by atoms with van der Waals surface area (Å²) in [4.78, 5) is 5.35. The van der Waals surface area contributed by atoms with E-state index in [1.807, 2.05) is 72.8 Å².